The SMILES string of the molecule is O=C(C1CC1)N1NC2=C(CCC/C2=C\c2ccc3c(c2)OCO3)[C@H]1c1ccc2c(c1)OCO2. The third kappa shape index (κ3) is 3.14. The number of carbonyl (C=O) groups excluding carboxylic acids is 1. The lowest BCUT2D eigenvalue weighted by Gasteiger charge is -2.27. The minimum atomic E-state index is -0.136. The molecule has 2 aromatic rings. The van der Waals surface area contributed by atoms with E-state index in [4.69, 9.17) is 18.9 Å². The Labute approximate surface area is 191 Å². The van der Waals surface area contributed by atoms with Gasteiger partial charge >= 0.3 is 0 Å². The van der Waals surface area contributed by atoms with E-state index in [2.05, 4.69) is 17.6 Å². The van der Waals surface area contributed by atoms with Crippen molar-refractivity contribution in [1.29, 1.82) is 0 Å². The summed E-state index contributed by atoms with van der Waals surface area (Å²) in [5.41, 5.74) is 9.20. The summed E-state index contributed by atoms with van der Waals surface area (Å²) in [6, 6.07) is 11.9. The van der Waals surface area contributed by atoms with Crippen molar-refractivity contribution in [2.45, 2.75) is 38.1 Å². The predicted octanol–water partition coefficient (Wildman–Crippen LogP) is 4.46. The fourth-order valence-corrected chi connectivity index (χ4v) is 5.17. The van der Waals surface area contributed by atoms with E-state index in [0.29, 0.717) is 0 Å². The Bertz CT molecular complexity index is 1230. The van der Waals surface area contributed by atoms with Gasteiger partial charge in [0.1, 0.15) is 6.04 Å². The second kappa shape index (κ2) is 7.20. The van der Waals surface area contributed by atoms with Gasteiger partial charge in [0.25, 0.3) is 0 Å². The summed E-state index contributed by atoms with van der Waals surface area (Å²) in [5.74, 6) is 3.35. The number of ether oxygens (including phenoxy) is 4. The number of amides is 1. The fraction of sp³-hybridized carbons (Fsp3) is 0.346. The zero-order chi connectivity index (χ0) is 21.9. The van der Waals surface area contributed by atoms with E-state index in [1.807, 2.05) is 35.3 Å². The maximum absolute atomic E-state index is 13.3. The summed E-state index contributed by atoms with van der Waals surface area (Å²) in [7, 11) is 0. The Morgan fingerprint density at radius 1 is 0.909 bits per heavy atom. The highest BCUT2D eigenvalue weighted by Crippen LogP contribution is 2.47. The van der Waals surface area contributed by atoms with Gasteiger partial charge < -0.3 is 18.9 Å². The van der Waals surface area contributed by atoms with E-state index in [1.165, 1.54) is 11.1 Å². The number of nitrogens with one attached hydrogen (secondary N) is 1. The van der Waals surface area contributed by atoms with Crippen molar-refractivity contribution in [3.8, 4) is 23.0 Å². The number of fused-ring (bicyclic) bond motifs is 2. The molecule has 3 heterocycles. The van der Waals surface area contributed by atoms with Crippen molar-refractivity contribution in [3.63, 3.8) is 0 Å². The van der Waals surface area contributed by atoms with Crippen molar-refractivity contribution < 1.29 is 23.7 Å². The van der Waals surface area contributed by atoms with Crippen LogP contribution in [0.1, 0.15) is 49.3 Å². The van der Waals surface area contributed by atoms with Gasteiger partial charge in [0, 0.05) is 5.92 Å². The van der Waals surface area contributed by atoms with Crippen LogP contribution in [0.15, 0.2) is 53.2 Å². The minimum absolute atomic E-state index is 0.122. The molecule has 5 aliphatic rings. The van der Waals surface area contributed by atoms with Crippen LogP contribution in [-0.2, 0) is 4.79 Å². The maximum Gasteiger partial charge on any atom is 0.244 e. The van der Waals surface area contributed by atoms with Crippen LogP contribution in [0.3, 0.4) is 0 Å². The van der Waals surface area contributed by atoms with E-state index in [0.717, 1.165) is 71.9 Å². The zero-order valence-corrected chi connectivity index (χ0v) is 18.1. The fourth-order valence-electron chi connectivity index (χ4n) is 5.17. The first-order valence-corrected chi connectivity index (χ1v) is 11.6. The zero-order valence-electron chi connectivity index (χ0n) is 18.1. The normalized spacial score (nSPS) is 23.7. The maximum atomic E-state index is 13.3. The predicted molar refractivity (Wildman–Crippen MR) is 119 cm³/mol. The Morgan fingerprint density at radius 2 is 1.64 bits per heavy atom. The van der Waals surface area contributed by atoms with Crippen LogP contribution in [0.5, 0.6) is 23.0 Å². The summed E-state index contributed by atoms with van der Waals surface area (Å²) >= 11 is 0. The monoisotopic (exact) mass is 444 g/mol. The highest BCUT2D eigenvalue weighted by Gasteiger charge is 2.44. The van der Waals surface area contributed by atoms with Gasteiger partial charge in [0.05, 0.1) is 5.70 Å². The quantitative estimate of drug-likeness (QED) is 0.754. The molecule has 0 spiro atoms. The van der Waals surface area contributed by atoms with Gasteiger partial charge in [0.15, 0.2) is 23.0 Å². The van der Waals surface area contributed by atoms with E-state index in [9.17, 15) is 4.79 Å². The molecule has 2 aliphatic carbocycles. The van der Waals surface area contributed by atoms with Crippen molar-refractivity contribution in [2.24, 2.45) is 5.92 Å². The standard InChI is InChI=1S/C26H24N2O5/c29-26(16-5-6-16)28-25(18-7-9-21-23(12-18)33-14-31-21)19-3-1-2-17(24(19)27-28)10-15-4-8-20-22(11-15)32-13-30-20/h4,7-12,16,25,27H,1-3,5-6,13-14H2/b17-10+/t25-/m1/s1. The first-order chi connectivity index (χ1) is 16.2. The molecule has 0 aromatic heterocycles. The summed E-state index contributed by atoms with van der Waals surface area (Å²) in [6.07, 6.45) is 7.09. The van der Waals surface area contributed by atoms with Gasteiger partial charge in [-0.2, -0.15) is 0 Å². The first kappa shape index (κ1) is 18.9. The molecule has 1 atom stereocenters. The van der Waals surface area contributed by atoms with Gasteiger partial charge in [-0.15, -0.1) is 0 Å². The molecule has 0 bridgehead atoms. The third-order valence-electron chi connectivity index (χ3n) is 6.97. The van der Waals surface area contributed by atoms with Gasteiger partial charge in [-0.1, -0.05) is 12.1 Å². The summed E-state index contributed by atoms with van der Waals surface area (Å²) in [4.78, 5) is 13.3. The van der Waals surface area contributed by atoms with Crippen LogP contribution >= 0.6 is 0 Å². The molecule has 33 heavy (non-hydrogen) atoms. The summed E-state index contributed by atoms with van der Waals surface area (Å²) in [6.45, 7) is 0.504. The molecule has 0 unspecified atom stereocenters. The first-order valence-electron chi connectivity index (χ1n) is 11.6. The smallest absolute Gasteiger partial charge is 0.244 e. The second-order valence-corrected chi connectivity index (χ2v) is 9.15. The largest absolute Gasteiger partial charge is 0.454 e. The molecule has 1 fully saturated rings. The van der Waals surface area contributed by atoms with E-state index in [1.54, 1.807) is 0 Å². The average molecular weight is 444 g/mol. The van der Waals surface area contributed by atoms with Gasteiger partial charge in [0.2, 0.25) is 19.5 Å². The van der Waals surface area contributed by atoms with E-state index in [-0.39, 0.29) is 31.5 Å². The van der Waals surface area contributed by atoms with Gasteiger partial charge in [-0.05, 0) is 84.7 Å². The summed E-state index contributed by atoms with van der Waals surface area (Å²) < 4.78 is 22.1. The summed E-state index contributed by atoms with van der Waals surface area (Å²) in [5, 5.41) is 1.86. The molecule has 2 aromatic carbocycles. The number of hydrogen-bond acceptors (Lipinski definition) is 6. The molecule has 168 valence electrons. The van der Waals surface area contributed by atoms with Crippen LogP contribution in [0.25, 0.3) is 6.08 Å². The van der Waals surface area contributed by atoms with Crippen LogP contribution in [-0.4, -0.2) is 24.5 Å². The van der Waals surface area contributed by atoms with Crippen molar-refractivity contribution in [2.75, 3.05) is 13.6 Å². The van der Waals surface area contributed by atoms with Crippen LogP contribution < -0.4 is 24.4 Å². The molecule has 3 aliphatic heterocycles. The molecule has 7 nitrogen and oxygen atoms in total. The number of hydrogen-bond donors (Lipinski definition) is 1. The van der Waals surface area contributed by atoms with Crippen molar-refractivity contribution >= 4 is 12.0 Å². The van der Waals surface area contributed by atoms with Crippen molar-refractivity contribution in [1.82, 2.24) is 10.4 Å². The molecule has 7 rings (SSSR count). The molecule has 1 saturated carbocycles. The Morgan fingerprint density at radius 3 is 2.42 bits per heavy atom. The lowest BCUT2D eigenvalue weighted by Crippen LogP contribution is -2.41. The van der Waals surface area contributed by atoms with Gasteiger partial charge in [-0.3, -0.25) is 10.2 Å². The minimum Gasteiger partial charge on any atom is -0.454 e. The molecule has 0 radical (unpaired) electrons. The van der Waals surface area contributed by atoms with Crippen LogP contribution in [0.2, 0.25) is 0 Å². The number of carbonyl (C=O) groups is 1. The Hall–Kier alpha value is -3.61. The third-order valence-corrected chi connectivity index (χ3v) is 6.97. The molecule has 1 amide bonds. The van der Waals surface area contributed by atoms with Gasteiger partial charge in [-0.25, -0.2) is 5.01 Å². The number of hydrazine groups is 1. The lowest BCUT2D eigenvalue weighted by atomic mass is 9.85. The molecular weight excluding hydrogens is 420 g/mol. The Balaban J connectivity index is 1.29. The second-order valence-electron chi connectivity index (χ2n) is 9.15. The Kier molecular flexibility index (Phi) is 4.13. The number of allylic oxidation sites excluding steroid dienone is 1. The molecule has 7 heteroatoms. The topological polar surface area (TPSA) is 69.3 Å². The number of nitrogens with zero attached hydrogens (tertiary/aromatic N) is 1. The molecule has 1 N–H and O–H groups in total. The average Bonchev–Trinajstić information content (AvgIpc) is 3.23. The highest BCUT2D eigenvalue weighted by molar-refractivity contribution is 5.83. The lowest BCUT2D eigenvalue weighted by molar-refractivity contribution is -0.136. The van der Waals surface area contributed by atoms with E-state index < -0.39 is 0 Å². The van der Waals surface area contributed by atoms with Crippen LogP contribution in [0, 0.1) is 5.92 Å². The molecular formula is C26H24N2O5. The number of rotatable bonds is 3. The van der Waals surface area contributed by atoms with E-state index >= 15 is 0 Å². The highest BCUT2D eigenvalue weighted by atomic mass is 16.7. The molecule has 0 saturated heterocycles. The van der Waals surface area contributed by atoms with Crippen LogP contribution in [0.4, 0.5) is 0 Å². The van der Waals surface area contributed by atoms with Crippen molar-refractivity contribution in [3.05, 3.63) is 64.4 Å². The number of benzene rings is 2.